The Hall–Kier alpha value is -1.84. The van der Waals surface area contributed by atoms with Crippen LogP contribution in [0, 0.1) is 6.92 Å². The van der Waals surface area contributed by atoms with E-state index in [4.69, 9.17) is 16.3 Å². The highest BCUT2D eigenvalue weighted by atomic mass is 35.5. The van der Waals surface area contributed by atoms with E-state index in [1.54, 1.807) is 0 Å². The number of ether oxygens (including phenoxy) is 1. The molecule has 132 valence electrons. The number of nitrogens with zero attached hydrogens (tertiary/aromatic N) is 1. The molecule has 0 aromatic heterocycles. The maximum Gasteiger partial charge on any atom is 0.253 e. The van der Waals surface area contributed by atoms with Gasteiger partial charge in [0.05, 0.1) is 6.10 Å². The second-order valence-electron chi connectivity index (χ2n) is 6.47. The summed E-state index contributed by atoms with van der Waals surface area (Å²) in [4.78, 5) is 14.8. The molecule has 1 aliphatic rings. The van der Waals surface area contributed by atoms with E-state index in [9.17, 15) is 4.79 Å². The molecule has 0 aliphatic carbocycles. The quantitative estimate of drug-likeness (QED) is 0.757. The standard InChI is InChI=1S/C21H24ClNO2/c1-3-23(14-18-9-6-12-25-18)21(24)17-8-4-7-16(13-17)19-10-5-11-20(22)15(19)2/h4-5,7-8,10-11,13,18H,3,6,9,12,14H2,1-2H3/t18-/m0/s1. The molecule has 4 heteroatoms. The van der Waals surface area contributed by atoms with Crippen LogP contribution < -0.4 is 0 Å². The monoisotopic (exact) mass is 357 g/mol. The largest absolute Gasteiger partial charge is 0.376 e. The van der Waals surface area contributed by atoms with Crippen LogP contribution in [0.15, 0.2) is 42.5 Å². The van der Waals surface area contributed by atoms with Crippen molar-refractivity contribution in [2.75, 3.05) is 19.7 Å². The number of likely N-dealkylation sites (N-methyl/N-ethyl adjacent to an activating group) is 1. The number of benzene rings is 2. The molecule has 0 spiro atoms. The van der Waals surface area contributed by atoms with Crippen LogP contribution >= 0.6 is 11.6 Å². The highest BCUT2D eigenvalue weighted by Gasteiger charge is 2.22. The molecule has 3 nitrogen and oxygen atoms in total. The zero-order valence-corrected chi connectivity index (χ0v) is 15.6. The molecule has 0 saturated carbocycles. The van der Waals surface area contributed by atoms with Gasteiger partial charge in [0, 0.05) is 30.3 Å². The van der Waals surface area contributed by atoms with E-state index in [-0.39, 0.29) is 12.0 Å². The second-order valence-corrected chi connectivity index (χ2v) is 6.88. The third-order valence-corrected chi connectivity index (χ3v) is 5.21. The summed E-state index contributed by atoms with van der Waals surface area (Å²) in [6, 6.07) is 13.6. The van der Waals surface area contributed by atoms with E-state index in [2.05, 4.69) is 0 Å². The lowest BCUT2D eigenvalue weighted by molar-refractivity contribution is 0.0539. The Balaban J connectivity index is 1.84. The van der Waals surface area contributed by atoms with Crippen LogP contribution in [0.5, 0.6) is 0 Å². The summed E-state index contributed by atoms with van der Waals surface area (Å²) in [6.07, 6.45) is 2.29. The molecule has 1 amide bonds. The number of rotatable bonds is 5. The van der Waals surface area contributed by atoms with Gasteiger partial charge < -0.3 is 9.64 Å². The first-order valence-corrected chi connectivity index (χ1v) is 9.24. The molecule has 0 radical (unpaired) electrons. The fourth-order valence-electron chi connectivity index (χ4n) is 3.31. The van der Waals surface area contributed by atoms with Crippen molar-refractivity contribution < 1.29 is 9.53 Å². The molecule has 0 N–H and O–H groups in total. The van der Waals surface area contributed by atoms with Crippen LogP contribution in [0.2, 0.25) is 5.02 Å². The van der Waals surface area contributed by atoms with Crippen molar-refractivity contribution >= 4 is 17.5 Å². The van der Waals surface area contributed by atoms with Gasteiger partial charge in [-0.05, 0) is 61.6 Å². The van der Waals surface area contributed by atoms with Crippen molar-refractivity contribution in [2.24, 2.45) is 0 Å². The number of carbonyl (C=O) groups excluding carboxylic acids is 1. The van der Waals surface area contributed by atoms with Gasteiger partial charge in [-0.15, -0.1) is 0 Å². The predicted molar refractivity (Wildman–Crippen MR) is 102 cm³/mol. The summed E-state index contributed by atoms with van der Waals surface area (Å²) >= 11 is 6.25. The third-order valence-electron chi connectivity index (χ3n) is 4.81. The normalized spacial score (nSPS) is 16.8. The lowest BCUT2D eigenvalue weighted by Crippen LogP contribution is -2.37. The molecule has 3 rings (SSSR count). The van der Waals surface area contributed by atoms with Crippen molar-refractivity contribution in [3.8, 4) is 11.1 Å². The SMILES string of the molecule is CCN(C[C@@H]1CCCO1)C(=O)c1cccc(-c2cccc(Cl)c2C)c1. The number of hydrogen-bond donors (Lipinski definition) is 0. The zero-order chi connectivity index (χ0) is 17.8. The second kappa shape index (κ2) is 8.03. The summed E-state index contributed by atoms with van der Waals surface area (Å²) in [7, 11) is 0. The van der Waals surface area contributed by atoms with Gasteiger partial charge in [-0.1, -0.05) is 35.9 Å². The summed E-state index contributed by atoms with van der Waals surface area (Å²) < 4.78 is 5.68. The zero-order valence-electron chi connectivity index (χ0n) is 14.8. The van der Waals surface area contributed by atoms with Crippen LogP contribution in [-0.4, -0.2) is 36.6 Å². The van der Waals surface area contributed by atoms with Crippen LogP contribution in [0.1, 0.15) is 35.7 Å². The molecule has 1 heterocycles. The average Bonchev–Trinajstić information content (AvgIpc) is 3.15. The number of carbonyl (C=O) groups is 1. The Labute approximate surface area is 154 Å². The smallest absolute Gasteiger partial charge is 0.253 e. The average molecular weight is 358 g/mol. The molecule has 1 saturated heterocycles. The van der Waals surface area contributed by atoms with Crippen molar-refractivity contribution in [3.63, 3.8) is 0 Å². The minimum atomic E-state index is 0.0551. The van der Waals surface area contributed by atoms with Gasteiger partial charge >= 0.3 is 0 Å². The maximum absolute atomic E-state index is 12.9. The summed E-state index contributed by atoms with van der Waals surface area (Å²) in [6.45, 7) is 6.16. The molecule has 0 unspecified atom stereocenters. The lowest BCUT2D eigenvalue weighted by Gasteiger charge is -2.24. The summed E-state index contributed by atoms with van der Waals surface area (Å²) in [5.74, 6) is 0.0551. The third kappa shape index (κ3) is 4.05. The summed E-state index contributed by atoms with van der Waals surface area (Å²) in [5, 5.41) is 0.739. The minimum Gasteiger partial charge on any atom is -0.376 e. The fraction of sp³-hybridized carbons (Fsp3) is 0.381. The van der Waals surface area contributed by atoms with E-state index >= 15 is 0 Å². The van der Waals surface area contributed by atoms with Crippen molar-refractivity contribution in [1.82, 2.24) is 4.90 Å². The first kappa shape index (κ1) is 18.0. The fourth-order valence-corrected chi connectivity index (χ4v) is 3.49. The lowest BCUT2D eigenvalue weighted by atomic mass is 9.98. The van der Waals surface area contributed by atoms with Gasteiger partial charge in [0.1, 0.15) is 0 Å². The van der Waals surface area contributed by atoms with E-state index in [0.717, 1.165) is 41.2 Å². The van der Waals surface area contributed by atoms with E-state index in [1.165, 1.54) is 0 Å². The van der Waals surface area contributed by atoms with Gasteiger partial charge in [-0.25, -0.2) is 0 Å². The molecule has 0 bridgehead atoms. The van der Waals surface area contributed by atoms with Gasteiger partial charge in [0.25, 0.3) is 5.91 Å². The summed E-state index contributed by atoms with van der Waals surface area (Å²) in [5.41, 5.74) is 3.81. The highest BCUT2D eigenvalue weighted by molar-refractivity contribution is 6.31. The molecule has 2 aromatic rings. The van der Waals surface area contributed by atoms with E-state index in [1.807, 2.05) is 61.2 Å². The van der Waals surface area contributed by atoms with Gasteiger partial charge in [-0.3, -0.25) is 4.79 Å². The topological polar surface area (TPSA) is 29.5 Å². The Morgan fingerprint density at radius 2 is 2.08 bits per heavy atom. The van der Waals surface area contributed by atoms with Crippen LogP contribution in [0.4, 0.5) is 0 Å². The first-order valence-electron chi connectivity index (χ1n) is 8.86. The van der Waals surface area contributed by atoms with Gasteiger partial charge in [0.2, 0.25) is 0 Å². The number of amides is 1. The molecule has 25 heavy (non-hydrogen) atoms. The van der Waals surface area contributed by atoms with Crippen LogP contribution in [-0.2, 0) is 4.74 Å². The highest BCUT2D eigenvalue weighted by Crippen LogP contribution is 2.29. The van der Waals surface area contributed by atoms with Gasteiger partial charge in [0.15, 0.2) is 0 Å². The molecule has 1 fully saturated rings. The first-order chi connectivity index (χ1) is 12.1. The molecular weight excluding hydrogens is 334 g/mol. The van der Waals surface area contributed by atoms with Crippen molar-refractivity contribution in [2.45, 2.75) is 32.8 Å². The number of halogens is 1. The maximum atomic E-state index is 12.9. The molecule has 1 aliphatic heterocycles. The predicted octanol–water partition coefficient (Wildman–Crippen LogP) is 4.96. The Kier molecular flexibility index (Phi) is 5.77. The van der Waals surface area contributed by atoms with E-state index in [0.29, 0.717) is 18.7 Å². The Morgan fingerprint density at radius 3 is 2.80 bits per heavy atom. The van der Waals surface area contributed by atoms with Gasteiger partial charge in [-0.2, -0.15) is 0 Å². The Morgan fingerprint density at radius 1 is 1.28 bits per heavy atom. The Bertz CT molecular complexity index is 753. The van der Waals surface area contributed by atoms with Crippen LogP contribution in [0.25, 0.3) is 11.1 Å². The number of hydrogen-bond acceptors (Lipinski definition) is 2. The van der Waals surface area contributed by atoms with Crippen molar-refractivity contribution in [1.29, 1.82) is 0 Å². The molecule has 2 aromatic carbocycles. The van der Waals surface area contributed by atoms with E-state index < -0.39 is 0 Å². The molecular formula is C21H24ClNO2. The minimum absolute atomic E-state index is 0.0551. The van der Waals surface area contributed by atoms with Crippen LogP contribution in [0.3, 0.4) is 0 Å². The van der Waals surface area contributed by atoms with Crippen molar-refractivity contribution in [3.05, 3.63) is 58.6 Å². The molecule has 1 atom stereocenters.